The molecule has 0 spiro atoms. The highest BCUT2D eigenvalue weighted by atomic mass is 16.2. The summed E-state index contributed by atoms with van der Waals surface area (Å²) in [6.45, 7) is 4.85. The Balaban J connectivity index is 1.48. The van der Waals surface area contributed by atoms with Crippen LogP contribution in [-0.4, -0.2) is 24.9 Å². The predicted molar refractivity (Wildman–Crippen MR) is 81.5 cm³/mol. The van der Waals surface area contributed by atoms with Crippen LogP contribution in [0.5, 0.6) is 0 Å². The molecular formula is C17H28N2O2. The van der Waals surface area contributed by atoms with E-state index in [2.05, 4.69) is 10.6 Å². The molecule has 0 unspecified atom stereocenters. The van der Waals surface area contributed by atoms with Crippen LogP contribution < -0.4 is 10.6 Å². The van der Waals surface area contributed by atoms with Crippen molar-refractivity contribution in [3.63, 3.8) is 0 Å². The number of hydrogen-bond donors (Lipinski definition) is 2. The van der Waals surface area contributed by atoms with Crippen LogP contribution in [0.1, 0.15) is 52.4 Å². The summed E-state index contributed by atoms with van der Waals surface area (Å²) in [7, 11) is 0. The van der Waals surface area contributed by atoms with Crippen LogP contribution >= 0.6 is 0 Å². The highest BCUT2D eigenvalue weighted by molar-refractivity contribution is 5.83. The van der Waals surface area contributed by atoms with Gasteiger partial charge in [-0.1, -0.05) is 13.8 Å². The standard InChI is InChI=1S/C17H28N2O2/c1-11(2)15(20)18-3-4-19-16(21)17-8-12-5-13(9-17)7-14(6-12)10-17/h11-14H,3-10H2,1-2H3,(H,18,20)(H,19,21). The van der Waals surface area contributed by atoms with Crippen molar-refractivity contribution in [1.29, 1.82) is 0 Å². The topological polar surface area (TPSA) is 58.2 Å². The summed E-state index contributed by atoms with van der Waals surface area (Å²) < 4.78 is 0. The molecule has 118 valence electrons. The zero-order valence-corrected chi connectivity index (χ0v) is 13.3. The fourth-order valence-electron chi connectivity index (χ4n) is 5.14. The molecule has 0 heterocycles. The minimum absolute atomic E-state index is 0.00357. The maximum Gasteiger partial charge on any atom is 0.226 e. The summed E-state index contributed by atoms with van der Waals surface area (Å²) in [5.41, 5.74) is -0.0726. The molecule has 4 aliphatic rings. The lowest BCUT2D eigenvalue weighted by atomic mass is 9.49. The van der Waals surface area contributed by atoms with Gasteiger partial charge in [0.05, 0.1) is 0 Å². The molecule has 0 aliphatic heterocycles. The maximum atomic E-state index is 12.7. The molecule has 0 saturated heterocycles. The minimum atomic E-state index is -0.0726. The number of carbonyl (C=O) groups is 2. The van der Waals surface area contributed by atoms with E-state index < -0.39 is 0 Å². The Morgan fingerprint density at radius 2 is 1.43 bits per heavy atom. The van der Waals surface area contributed by atoms with Crippen LogP contribution in [-0.2, 0) is 9.59 Å². The molecule has 0 aromatic heterocycles. The van der Waals surface area contributed by atoms with Gasteiger partial charge in [-0.3, -0.25) is 9.59 Å². The Labute approximate surface area is 127 Å². The molecule has 4 heteroatoms. The second-order valence-electron chi connectivity index (χ2n) is 7.90. The number of amides is 2. The number of nitrogens with one attached hydrogen (secondary N) is 2. The summed E-state index contributed by atoms with van der Waals surface area (Å²) >= 11 is 0. The first kappa shape index (κ1) is 14.9. The normalized spacial score (nSPS) is 36.8. The van der Waals surface area contributed by atoms with Gasteiger partial charge >= 0.3 is 0 Å². The minimum Gasteiger partial charge on any atom is -0.354 e. The summed E-state index contributed by atoms with van der Waals surface area (Å²) in [5, 5.41) is 5.94. The summed E-state index contributed by atoms with van der Waals surface area (Å²) in [5.74, 6) is 2.69. The van der Waals surface area contributed by atoms with Gasteiger partial charge in [-0.25, -0.2) is 0 Å². The van der Waals surface area contributed by atoms with Gasteiger partial charge in [-0.15, -0.1) is 0 Å². The van der Waals surface area contributed by atoms with Gasteiger partial charge in [0.1, 0.15) is 0 Å². The van der Waals surface area contributed by atoms with Crippen LogP contribution in [0.25, 0.3) is 0 Å². The van der Waals surface area contributed by atoms with E-state index in [1.807, 2.05) is 13.8 Å². The third-order valence-corrected chi connectivity index (χ3v) is 5.75. The van der Waals surface area contributed by atoms with Crippen LogP contribution in [0.3, 0.4) is 0 Å². The van der Waals surface area contributed by atoms with Crippen molar-refractivity contribution in [1.82, 2.24) is 10.6 Å². The number of hydrogen-bond acceptors (Lipinski definition) is 2. The van der Waals surface area contributed by atoms with E-state index in [4.69, 9.17) is 0 Å². The fourth-order valence-corrected chi connectivity index (χ4v) is 5.14. The Morgan fingerprint density at radius 3 is 1.90 bits per heavy atom. The van der Waals surface area contributed by atoms with Crippen LogP contribution in [0.4, 0.5) is 0 Å². The van der Waals surface area contributed by atoms with E-state index in [1.165, 1.54) is 19.3 Å². The van der Waals surface area contributed by atoms with Crippen molar-refractivity contribution in [2.45, 2.75) is 52.4 Å². The first-order chi connectivity index (χ1) is 9.98. The van der Waals surface area contributed by atoms with Gasteiger partial charge in [-0.2, -0.15) is 0 Å². The Kier molecular flexibility index (Phi) is 3.98. The monoisotopic (exact) mass is 292 g/mol. The van der Waals surface area contributed by atoms with Crippen molar-refractivity contribution in [2.24, 2.45) is 29.1 Å². The molecule has 0 atom stereocenters. The van der Waals surface area contributed by atoms with Gasteiger partial charge in [0.15, 0.2) is 0 Å². The SMILES string of the molecule is CC(C)C(=O)NCCNC(=O)C12CC3CC(CC(C3)C1)C2. The average molecular weight is 292 g/mol. The quantitative estimate of drug-likeness (QED) is 0.762. The largest absolute Gasteiger partial charge is 0.354 e. The molecule has 4 aliphatic carbocycles. The molecular weight excluding hydrogens is 264 g/mol. The smallest absolute Gasteiger partial charge is 0.226 e. The predicted octanol–water partition coefficient (Wildman–Crippen LogP) is 2.09. The molecule has 0 radical (unpaired) electrons. The van der Waals surface area contributed by atoms with Crippen LogP contribution in [0.15, 0.2) is 0 Å². The van der Waals surface area contributed by atoms with Crippen molar-refractivity contribution in [3.8, 4) is 0 Å². The Morgan fingerprint density at radius 1 is 0.952 bits per heavy atom. The van der Waals surface area contributed by atoms with E-state index in [1.54, 1.807) is 0 Å². The van der Waals surface area contributed by atoms with Crippen molar-refractivity contribution in [3.05, 3.63) is 0 Å². The lowest BCUT2D eigenvalue weighted by molar-refractivity contribution is -0.146. The van der Waals surface area contributed by atoms with Gasteiger partial charge in [0.2, 0.25) is 11.8 Å². The first-order valence-corrected chi connectivity index (χ1v) is 8.54. The van der Waals surface area contributed by atoms with Crippen molar-refractivity contribution >= 4 is 11.8 Å². The average Bonchev–Trinajstić information content (AvgIpc) is 2.41. The van der Waals surface area contributed by atoms with E-state index in [-0.39, 0.29) is 23.1 Å². The lowest BCUT2D eigenvalue weighted by Crippen LogP contribution is -2.54. The van der Waals surface area contributed by atoms with Gasteiger partial charge in [0.25, 0.3) is 0 Å². The molecule has 21 heavy (non-hydrogen) atoms. The second-order valence-corrected chi connectivity index (χ2v) is 7.90. The molecule has 4 saturated carbocycles. The third kappa shape index (κ3) is 2.95. The zero-order valence-electron chi connectivity index (χ0n) is 13.3. The van der Waals surface area contributed by atoms with E-state index >= 15 is 0 Å². The lowest BCUT2D eigenvalue weighted by Gasteiger charge is -2.55. The molecule has 4 rings (SSSR count). The summed E-state index contributed by atoms with van der Waals surface area (Å²) in [6.07, 6.45) is 7.38. The first-order valence-electron chi connectivity index (χ1n) is 8.54. The molecule has 4 fully saturated rings. The van der Waals surface area contributed by atoms with E-state index in [9.17, 15) is 9.59 Å². The molecule has 4 bridgehead atoms. The van der Waals surface area contributed by atoms with E-state index in [0.717, 1.165) is 37.0 Å². The maximum absolute atomic E-state index is 12.7. The summed E-state index contributed by atoms with van der Waals surface area (Å²) in [4.78, 5) is 24.1. The van der Waals surface area contributed by atoms with Gasteiger partial charge in [0, 0.05) is 24.4 Å². The Bertz CT molecular complexity index is 395. The number of carbonyl (C=O) groups excluding carboxylic acids is 2. The molecule has 0 aromatic rings. The van der Waals surface area contributed by atoms with Gasteiger partial charge < -0.3 is 10.6 Å². The fraction of sp³-hybridized carbons (Fsp3) is 0.882. The van der Waals surface area contributed by atoms with Crippen molar-refractivity contribution in [2.75, 3.05) is 13.1 Å². The second kappa shape index (κ2) is 5.62. The van der Waals surface area contributed by atoms with Crippen LogP contribution in [0, 0.1) is 29.1 Å². The van der Waals surface area contributed by atoms with Crippen LogP contribution in [0.2, 0.25) is 0 Å². The highest BCUT2D eigenvalue weighted by Gasteiger charge is 2.54. The third-order valence-electron chi connectivity index (χ3n) is 5.75. The van der Waals surface area contributed by atoms with E-state index in [0.29, 0.717) is 13.1 Å². The zero-order chi connectivity index (χ0) is 15.0. The molecule has 2 N–H and O–H groups in total. The van der Waals surface area contributed by atoms with Crippen molar-refractivity contribution < 1.29 is 9.59 Å². The number of rotatable bonds is 5. The Hall–Kier alpha value is -1.06. The molecule has 4 nitrogen and oxygen atoms in total. The van der Waals surface area contributed by atoms with Gasteiger partial charge in [-0.05, 0) is 56.3 Å². The highest BCUT2D eigenvalue weighted by Crippen LogP contribution is 2.60. The summed E-state index contributed by atoms with van der Waals surface area (Å²) in [6, 6.07) is 0. The molecule has 0 aromatic carbocycles. The molecule has 2 amide bonds.